The van der Waals surface area contributed by atoms with Crippen LogP contribution in [0.2, 0.25) is 0 Å². The van der Waals surface area contributed by atoms with E-state index in [-0.39, 0.29) is 6.04 Å². The van der Waals surface area contributed by atoms with E-state index in [4.69, 9.17) is 15.5 Å². The van der Waals surface area contributed by atoms with Crippen LogP contribution in [0.15, 0.2) is 91.5 Å². The third kappa shape index (κ3) is 4.10. The van der Waals surface area contributed by atoms with Gasteiger partial charge in [0.2, 0.25) is 0 Å². The molecule has 1 aliphatic rings. The van der Waals surface area contributed by atoms with Gasteiger partial charge in [0, 0.05) is 30.9 Å². The van der Waals surface area contributed by atoms with E-state index < -0.39 is 0 Å². The summed E-state index contributed by atoms with van der Waals surface area (Å²) in [6.45, 7) is 5.24. The highest BCUT2D eigenvalue weighted by molar-refractivity contribution is 5.91. The lowest BCUT2D eigenvalue weighted by atomic mass is 9.87. The SMILES string of the molecule is Cc1cccc(C(c2ccccc2)n2ccnc2)c1-c1ccc2nc(N)c(N3CCOCC3)cc2c1. The van der Waals surface area contributed by atoms with Crippen molar-refractivity contribution in [1.29, 1.82) is 0 Å². The van der Waals surface area contributed by atoms with Gasteiger partial charge in [-0.3, -0.25) is 0 Å². The van der Waals surface area contributed by atoms with Crippen LogP contribution in [-0.2, 0) is 4.74 Å². The average Bonchev–Trinajstić information content (AvgIpc) is 3.44. The van der Waals surface area contributed by atoms with Gasteiger partial charge in [0.1, 0.15) is 5.82 Å². The summed E-state index contributed by atoms with van der Waals surface area (Å²) in [5, 5.41) is 1.08. The molecule has 180 valence electrons. The van der Waals surface area contributed by atoms with Crippen LogP contribution >= 0.6 is 0 Å². The number of imidazole rings is 1. The number of benzene rings is 3. The number of morpholine rings is 1. The molecular weight excluding hydrogens is 446 g/mol. The van der Waals surface area contributed by atoms with Crippen LogP contribution in [0.25, 0.3) is 22.0 Å². The van der Waals surface area contributed by atoms with Crippen LogP contribution in [0.1, 0.15) is 22.7 Å². The first kappa shape index (κ1) is 22.3. The fourth-order valence-electron chi connectivity index (χ4n) is 5.28. The van der Waals surface area contributed by atoms with Crippen molar-refractivity contribution in [3.8, 4) is 11.1 Å². The minimum atomic E-state index is 0.00718. The van der Waals surface area contributed by atoms with E-state index in [0.29, 0.717) is 19.0 Å². The molecular formula is C30H29N5O. The van der Waals surface area contributed by atoms with Crippen molar-refractivity contribution in [2.24, 2.45) is 0 Å². The first-order valence-corrected chi connectivity index (χ1v) is 12.3. The Morgan fingerprint density at radius 2 is 1.78 bits per heavy atom. The Balaban J connectivity index is 1.51. The molecule has 5 aromatic rings. The van der Waals surface area contributed by atoms with Gasteiger partial charge >= 0.3 is 0 Å². The maximum Gasteiger partial charge on any atom is 0.147 e. The standard InChI is InChI=1S/C30H29N5O/c1-21-6-5-9-25(29(35-13-12-32-20-35)22-7-3-2-4-8-22)28(21)23-10-11-26-24(18-23)19-27(30(31)33-26)34-14-16-36-17-15-34/h2-13,18-20,29H,14-17H2,1H3,(H2,31,33). The number of nitrogens with zero attached hydrogens (tertiary/aromatic N) is 4. The molecule has 2 N–H and O–H groups in total. The van der Waals surface area contributed by atoms with Gasteiger partial charge in [-0.05, 0) is 52.9 Å². The zero-order valence-electron chi connectivity index (χ0n) is 20.3. The minimum absolute atomic E-state index is 0.00718. The van der Waals surface area contributed by atoms with Crippen LogP contribution in [0.4, 0.5) is 11.5 Å². The molecule has 0 amide bonds. The van der Waals surface area contributed by atoms with Gasteiger partial charge in [0.25, 0.3) is 0 Å². The summed E-state index contributed by atoms with van der Waals surface area (Å²) in [5.74, 6) is 0.568. The number of ether oxygens (including phenoxy) is 1. The van der Waals surface area contributed by atoms with Crippen molar-refractivity contribution in [1.82, 2.24) is 14.5 Å². The number of aromatic nitrogens is 3. The second kappa shape index (κ2) is 9.47. The minimum Gasteiger partial charge on any atom is -0.382 e. The van der Waals surface area contributed by atoms with Gasteiger partial charge in [0.15, 0.2) is 0 Å². The van der Waals surface area contributed by atoms with Crippen LogP contribution in [0, 0.1) is 6.92 Å². The summed E-state index contributed by atoms with van der Waals surface area (Å²) >= 11 is 0. The Hall–Kier alpha value is -4.16. The molecule has 0 saturated carbocycles. The smallest absolute Gasteiger partial charge is 0.147 e. The van der Waals surface area contributed by atoms with Gasteiger partial charge in [-0.15, -0.1) is 0 Å². The molecule has 0 bridgehead atoms. The summed E-state index contributed by atoms with van der Waals surface area (Å²) in [6.07, 6.45) is 5.77. The monoisotopic (exact) mass is 475 g/mol. The number of nitrogens with two attached hydrogens (primary N) is 1. The van der Waals surface area contributed by atoms with Crippen molar-refractivity contribution < 1.29 is 4.74 Å². The number of hydrogen-bond acceptors (Lipinski definition) is 5. The van der Waals surface area contributed by atoms with Gasteiger partial charge in [-0.1, -0.05) is 54.6 Å². The van der Waals surface area contributed by atoms with Crippen molar-refractivity contribution in [3.05, 3.63) is 108 Å². The van der Waals surface area contributed by atoms with Gasteiger partial charge in [-0.25, -0.2) is 9.97 Å². The Morgan fingerprint density at radius 3 is 2.56 bits per heavy atom. The number of aryl methyl sites for hydroxylation is 1. The lowest BCUT2D eigenvalue weighted by molar-refractivity contribution is 0.123. The van der Waals surface area contributed by atoms with Gasteiger partial charge in [0.05, 0.1) is 36.8 Å². The summed E-state index contributed by atoms with van der Waals surface area (Å²) in [6, 6.07) is 25.8. The summed E-state index contributed by atoms with van der Waals surface area (Å²) in [7, 11) is 0. The summed E-state index contributed by atoms with van der Waals surface area (Å²) < 4.78 is 7.71. The molecule has 2 aromatic heterocycles. The van der Waals surface area contributed by atoms with Crippen molar-refractivity contribution in [3.63, 3.8) is 0 Å². The van der Waals surface area contributed by atoms with Crippen LogP contribution in [0.3, 0.4) is 0 Å². The van der Waals surface area contributed by atoms with E-state index in [2.05, 4.69) is 94.2 Å². The molecule has 1 aliphatic heterocycles. The number of pyridine rings is 1. The van der Waals surface area contributed by atoms with Crippen LogP contribution in [-0.4, -0.2) is 40.8 Å². The van der Waals surface area contributed by atoms with Gasteiger partial charge in [-0.2, -0.15) is 0 Å². The Kier molecular flexibility index (Phi) is 5.87. The highest BCUT2D eigenvalue weighted by atomic mass is 16.5. The van der Waals surface area contributed by atoms with E-state index in [9.17, 15) is 0 Å². The molecule has 3 aromatic carbocycles. The number of fused-ring (bicyclic) bond motifs is 1. The second-order valence-corrected chi connectivity index (χ2v) is 9.26. The zero-order chi connectivity index (χ0) is 24.5. The zero-order valence-corrected chi connectivity index (χ0v) is 20.3. The molecule has 0 spiro atoms. The van der Waals surface area contributed by atoms with Crippen molar-refractivity contribution in [2.45, 2.75) is 13.0 Å². The van der Waals surface area contributed by atoms with Crippen LogP contribution in [0.5, 0.6) is 0 Å². The van der Waals surface area contributed by atoms with Crippen LogP contribution < -0.4 is 10.6 Å². The van der Waals surface area contributed by atoms with E-state index in [1.807, 2.05) is 18.7 Å². The lowest BCUT2D eigenvalue weighted by Gasteiger charge is -2.29. The molecule has 1 fully saturated rings. The Labute approximate surface area is 211 Å². The average molecular weight is 476 g/mol. The largest absolute Gasteiger partial charge is 0.382 e. The van der Waals surface area contributed by atoms with Crippen molar-refractivity contribution >= 4 is 22.4 Å². The quantitative estimate of drug-likeness (QED) is 0.365. The Morgan fingerprint density at radius 1 is 0.944 bits per heavy atom. The molecule has 6 rings (SSSR count). The maximum absolute atomic E-state index is 6.37. The number of anilines is 2. The molecule has 6 nitrogen and oxygen atoms in total. The number of hydrogen-bond donors (Lipinski definition) is 1. The maximum atomic E-state index is 6.37. The second-order valence-electron chi connectivity index (χ2n) is 9.26. The molecule has 0 radical (unpaired) electrons. The topological polar surface area (TPSA) is 69.2 Å². The molecule has 1 saturated heterocycles. The number of rotatable bonds is 5. The highest BCUT2D eigenvalue weighted by Crippen LogP contribution is 2.38. The fourth-order valence-corrected chi connectivity index (χ4v) is 5.28. The fraction of sp³-hybridized carbons (Fsp3) is 0.200. The van der Waals surface area contributed by atoms with E-state index in [1.54, 1.807) is 0 Å². The predicted molar refractivity (Wildman–Crippen MR) is 145 cm³/mol. The molecule has 1 atom stereocenters. The first-order valence-electron chi connectivity index (χ1n) is 12.3. The van der Waals surface area contributed by atoms with E-state index in [1.165, 1.54) is 22.3 Å². The predicted octanol–water partition coefficient (Wildman–Crippen LogP) is 5.46. The summed E-state index contributed by atoms with van der Waals surface area (Å²) in [5.41, 5.74) is 14.3. The van der Waals surface area contributed by atoms with E-state index >= 15 is 0 Å². The molecule has 6 heteroatoms. The lowest BCUT2D eigenvalue weighted by Crippen LogP contribution is -2.36. The summed E-state index contributed by atoms with van der Waals surface area (Å²) in [4.78, 5) is 11.4. The first-order chi connectivity index (χ1) is 17.7. The molecule has 36 heavy (non-hydrogen) atoms. The third-order valence-electron chi connectivity index (χ3n) is 7.00. The third-order valence-corrected chi connectivity index (χ3v) is 7.00. The van der Waals surface area contributed by atoms with Crippen molar-refractivity contribution in [2.75, 3.05) is 36.9 Å². The normalized spacial score (nSPS) is 14.8. The molecule has 1 unspecified atom stereocenters. The van der Waals surface area contributed by atoms with E-state index in [0.717, 1.165) is 35.2 Å². The number of nitrogen functional groups attached to an aromatic ring is 1. The highest BCUT2D eigenvalue weighted by Gasteiger charge is 2.22. The molecule has 0 aliphatic carbocycles. The Bertz CT molecular complexity index is 1490. The van der Waals surface area contributed by atoms with Gasteiger partial charge < -0.3 is 19.9 Å². The molecule has 3 heterocycles.